The first kappa shape index (κ1) is 24.8. The SMILES string of the molecule is CCCCCCCCCN1C=C[N+](C)([N+]2(CC)C=CN(C)C2)C1.F[B-](F)(F)F. The van der Waals surface area contributed by atoms with Crippen LogP contribution >= 0.6 is 0 Å². The Bertz CT molecular complexity index is 509. The van der Waals surface area contributed by atoms with Gasteiger partial charge in [0.05, 0.1) is 12.4 Å². The molecule has 0 aromatic rings. The van der Waals surface area contributed by atoms with Crippen molar-refractivity contribution in [3.63, 3.8) is 0 Å². The van der Waals surface area contributed by atoms with E-state index in [2.05, 4.69) is 62.5 Å². The third-order valence-corrected chi connectivity index (χ3v) is 5.64. The van der Waals surface area contributed by atoms with Gasteiger partial charge in [-0.05, 0) is 13.3 Å². The Hall–Kier alpha value is -1.22. The van der Waals surface area contributed by atoms with Crippen LogP contribution in [0.2, 0.25) is 0 Å². The highest BCUT2D eigenvalue weighted by atomic mass is 19.5. The average molecular weight is 409 g/mol. The van der Waals surface area contributed by atoms with Gasteiger partial charge in [0.2, 0.25) is 13.3 Å². The fourth-order valence-electron chi connectivity index (χ4n) is 3.92. The molecule has 0 saturated heterocycles. The summed E-state index contributed by atoms with van der Waals surface area (Å²) < 4.78 is 41.0. The minimum absolute atomic E-state index is 0.966. The minimum Gasteiger partial charge on any atom is -0.418 e. The molecule has 4 nitrogen and oxygen atoms in total. The van der Waals surface area contributed by atoms with Crippen molar-refractivity contribution in [2.75, 3.05) is 40.5 Å². The molecule has 2 aliphatic rings. The number of unbranched alkanes of at least 4 members (excludes halogenated alkanes) is 6. The van der Waals surface area contributed by atoms with Gasteiger partial charge in [-0.2, -0.15) is 0 Å². The van der Waals surface area contributed by atoms with Gasteiger partial charge in [0, 0.05) is 13.6 Å². The van der Waals surface area contributed by atoms with Crippen LogP contribution in [0.3, 0.4) is 0 Å². The van der Waals surface area contributed by atoms with E-state index in [4.69, 9.17) is 0 Å². The van der Waals surface area contributed by atoms with E-state index in [0.29, 0.717) is 0 Å². The third kappa shape index (κ3) is 8.03. The van der Waals surface area contributed by atoms with Crippen molar-refractivity contribution in [1.29, 1.82) is 0 Å². The van der Waals surface area contributed by atoms with Crippen LogP contribution in [0.5, 0.6) is 0 Å². The molecule has 0 aliphatic carbocycles. The van der Waals surface area contributed by atoms with Crippen LogP contribution in [-0.2, 0) is 0 Å². The van der Waals surface area contributed by atoms with E-state index in [1.54, 1.807) is 0 Å². The Balaban J connectivity index is 0.000000696. The molecule has 2 unspecified atom stereocenters. The highest BCUT2D eigenvalue weighted by molar-refractivity contribution is 6.50. The molecule has 0 radical (unpaired) electrons. The van der Waals surface area contributed by atoms with Gasteiger partial charge >= 0.3 is 7.25 Å². The van der Waals surface area contributed by atoms with Gasteiger partial charge in [-0.3, -0.25) is 0 Å². The first-order valence-corrected chi connectivity index (χ1v) is 10.5. The predicted molar refractivity (Wildman–Crippen MR) is 108 cm³/mol. The Morgan fingerprint density at radius 1 is 0.857 bits per heavy atom. The second-order valence-corrected chi connectivity index (χ2v) is 8.08. The molecule has 164 valence electrons. The van der Waals surface area contributed by atoms with Crippen LogP contribution in [-0.4, -0.2) is 66.8 Å². The van der Waals surface area contributed by atoms with Crippen LogP contribution in [0.4, 0.5) is 17.3 Å². The third-order valence-electron chi connectivity index (χ3n) is 5.64. The van der Waals surface area contributed by atoms with Crippen molar-refractivity contribution in [3.8, 4) is 0 Å². The molecule has 0 saturated carbocycles. The second-order valence-electron chi connectivity index (χ2n) is 8.08. The Kier molecular flexibility index (Phi) is 9.84. The van der Waals surface area contributed by atoms with E-state index in [9.17, 15) is 17.3 Å². The van der Waals surface area contributed by atoms with Gasteiger partial charge in [0.25, 0.3) is 0 Å². The summed E-state index contributed by atoms with van der Waals surface area (Å²) >= 11 is 0. The van der Waals surface area contributed by atoms with Crippen molar-refractivity contribution in [2.24, 2.45) is 0 Å². The zero-order chi connectivity index (χ0) is 21.3. The summed E-state index contributed by atoms with van der Waals surface area (Å²) in [5.74, 6) is 0. The first-order chi connectivity index (χ1) is 13.1. The van der Waals surface area contributed by atoms with Gasteiger partial charge in [0.15, 0.2) is 12.4 Å². The molecule has 2 heterocycles. The van der Waals surface area contributed by atoms with E-state index in [0.717, 1.165) is 29.1 Å². The Morgan fingerprint density at radius 3 is 1.93 bits per heavy atom. The highest BCUT2D eigenvalue weighted by Gasteiger charge is 2.49. The van der Waals surface area contributed by atoms with Crippen LogP contribution in [0.15, 0.2) is 24.8 Å². The maximum atomic E-state index is 9.75. The largest absolute Gasteiger partial charge is 0.673 e. The molecular formula is C19H38BF4N4+. The van der Waals surface area contributed by atoms with Crippen LogP contribution in [0, 0.1) is 0 Å². The average Bonchev–Trinajstić information content (AvgIpc) is 3.18. The van der Waals surface area contributed by atoms with E-state index < -0.39 is 7.25 Å². The molecule has 0 N–H and O–H groups in total. The summed E-state index contributed by atoms with van der Waals surface area (Å²) in [6.45, 7) is 9.10. The lowest BCUT2D eigenvalue weighted by molar-refractivity contribution is -1.45. The quantitative estimate of drug-likeness (QED) is 0.208. The lowest BCUT2D eigenvalue weighted by Crippen LogP contribution is -2.66. The van der Waals surface area contributed by atoms with E-state index in [1.165, 1.54) is 51.5 Å². The minimum atomic E-state index is -6.00. The molecule has 2 atom stereocenters. The molecule has 0 bridgehead atoms. The summed E-state index contributed by atoms with van der Waals surface area (Å²) in [6, 6.07) is 0. The van der Waals surface area contributed by atoms with Crippen LogP contribution in [0.1, 0.15) is 58.8 Å². The van der Waals surface area contributed by atoms with E-state index in [-0.39, 0.29) is 0 Å². The highest BCUT2D eigenvalue weighted by Crippen LogP contribution is 2.31. The maximum Gasteiger partial charge on any atom is 0.673 e. The van der Waals surface area contributed by atoms with Crippen molar-refractivity contribution >= 4 is 7.25 Å². The zero-order valence-corrected chi connectivity index (χ0v) is 18.0. The van der Waals surface area contributed by atoms with Crippen LogP contribution in [0.25, 0.3) is 0 Å². The molecule has 9 heteroatoms. The molecule has 2 rings (SSSR count). The topological polar surface area (TPSA) is 6.48 Å². The zero-order valence-electron chi connectivity index (χ0n) is 18.0. The van der Waals surface area contributed by atoms with Crippen molar-refractivity contribution < 1.29 is 26.4 Å². The summed E-state index contributed by atoms with van der Waals surface area (Å²) in [7, 11) is -1.46. The lowest BCUT2D eigenvalue weighted by atomic mass is 10.1. The Morgan fingerprint density at radius 2 is 1.43 bits per heavy atom. The smallest absolute Gasteiger partial charge is 0.418 e. The summed E-state index contributed by atoms with van der Waals surface area (Å²) in [6.07, 6.45) is 19.1. The first-order valence-electron chi connectivity index (χ1n) is 10.5. The molecule has 28 heavy (non-hydrogen) atoms. The Labute approximate surface area is 168 Å². The molecule has 2 aliphatic heterocycles. The van der Waals surface area contributed by atoms with E-state index in [1.807, 2.05) is 0 Å². The van der Waals surface area contributed by atoms with Gasteiger partial charge in [0.1, 0.15) is 13.6 Å². The van der Waals surface area contributed by atoms with Gasteiger partial charge < -0.3 is 27.1 Å². The van der Waals surface area contributed by atoms with E-state index >= 15 is 0 Å². The molecular weight excluding hydrogens is 371 g/mol. The normalized spacial score (nSPS) is 26.7. The van der Waals surface area contributed by atoms with Gasteiger partial charge in [-0.1, -0.05) is 45.4 Å². The summed E-state index contributed by atoms with van der Waals surface area (Å²) in [5, 5.41) is 0. The number of quaternary nitrogens is 2. The number of hydrogen-bond donors (Lipinski definition) is 0. The summed E-state index contributed by atoms with van der Waals surface area (Å²) in [4.78, 5) is 4.83. The van der Waals surface area contributed by atoms with Crippen LogP contribution < -0.4 is 0 Å². The number of hydrogen-bond acceptors (Lipinski definition) is 2. The predicted octanol–water partition coefficient (Wildman–Crippen LogP) is 5.35. The standard InChI is InChI=1S/C19H38N4.BF4/c1-5-7-8-9-10-11-12-13-21-15-16-22(4,19-21)23(6-2)17-14-20(3)18-23;2-1(3,4)5/h14-17H,5-13,18-19H2,1-4H3;/q+2;-1. The molecule has 0 spiro atoms. The number of rotatable bonds is 10. The molecule has 0 aromatic carbocycles. The number of nitrogens with zero attached hydrogens (tertiary/aromatic N) is 4. The van der Waals surface area contributed by atoms with Crippen molar-refractivity contribution in [1.82, 2.24) is 9.80 Å². The second kappa shape index (κ2) is 11.1. The molecule has 0 fully saturated rings. The maximum absolute atomic E-state index is 9.75. The lowest BCUT2D eigenvalue weighted by Gasteiger charge is -2.43. The van der Waals surface area contributed by atoms with Crippen molar-refractivity contribution in [2.45, 2.75) is 58.8 Å². The van der Waals surface area contributed by atoms with Gasteiger partial charge in [-0.25, -0.2) is 0 Å². The molecule has 0 amide bonds. The van der Waals surface area contributed by atoms with Gasteiger partial charge in [-0.15, -0.1) is 9.18 Å². The fourth-order valence-corrected chi connectivity index (χ4v) is 3.92. The summed E-state index contributed by atoms with van der Waals surface area (Å²) in [5.41, 5.74) is 0. The number of halogens is 4. The van der Waals surface area contributed by atoms with Crippen molar-refractivity contribution in [3.05, 3.63) is 24.8 Å². The molecule has 0 aromatic heterocycles. The monoisotopic (exact) mass is 409 g/mol. The fraction of sp³-hybridized carbons (Fsp3) is 0.789.